The Hall–Kier alpha value is -1.02. The molecule has 1 aromatic rings. The number of nitrogens with zero attached hydrogens (tertiary/aromatic N) is 1. The SMILES string of the molecule is CCC1CCCN(C(=O)c2ccc(Cl)cc2)C1. The summed E-state index contributed by atoms with van der Waals surface area (Å²) >= 11 is 5.82. The van der Waals surface area contributed by atoms with Gasteiger partial charge in [-0.25, -0.2) is 0 Å². The van der Waals surface area contributed by atoms with Gasteiger partial charge in [0.1, 0.15) is 0 Å². The third-order valence-electron chi connectivity index (χ3n) is 3.47. The lowest BCUT2D eigenvalue weighted by molar-refractivity contribution is 0.0671. The van der Waals surface area contributed by atoms with Crippen molar-refractivity contribution in [3.05, 3.63) is 34.9 Å². The molecule has 2 rings (SSSR count). The van der Waals surface area contributed by atoms with E-state index in [4.69, 9.17) is 11.6 Å². The first-order valence-corrected chi connectivity index (χ1v) is 6.63. The highest BCUT2D eigenvalue weighted by atomic mass is 35.5. The molecule has 0 aliphatic carbocycles. The Balaban J connectivity index is 2.06. The van der Waals surface area contributed by atoms with Crippen molar-refractivity contribution in [1.29, 1.82) is 0 Å². The molecular formula is C14H18ClNO. The summed E-state index contributed by atoms with van der Waals surface area (Å²) in [6, 6.07) is 7.16. The normalized spacial score (nSPS) is 20.4. The predicted octanol–water partition coefficient (Wildman–Crippen LogP) is 3.60. The topological polar surface area (TPSA) is 20.3 Å². The zero-order chi connectivity index (χ0) is 12.3. The van der Waals surface area contributed by atoms with Gasteiger partial charge in [0.2, 0.25) is 0 Å². The maximum Gasteiger partial charge on any atom is 0.253 e. The average molecular weight is 252 g/mol. The lowest BCUT2D eigenvalue weighted by Crippen LogP contribution is -2.39. The van der Waals surface area contributed by atoms with Crippen LogP contribution in [-0.4, -0.2) is 23.9 Å². The van der Waals surface area contributed by atoms with Crippen LogP contribution in [0.5, 0.6) is 0 Å². The first-order chi connectivity index (χ1) is 8.20. The van der Waals surface area contributed by atoms with Gasteiger partial charge in [0.25, 0.3) is 5.91 Å². The van der Waals surface area contributed by atoms with Gasteiger partial charge in [-0.3, -0.25) is 4.79 Å². The van der Waals surface area contributed by atoms with Crippen LogP contribution in [0.4, 0.5) is 0 Å². The van der Waals surface area contributed by atoms with Gasteiger partial charge in [-0.1, -0.05) is 24.9 Å². The minimum atomic E-state index is 0.139. The highest BCUT2D eigenvalue weighted by Gasteiger charge is 2.23. The average Bonchev–Trinajstić information content (AvgIpc) is 2.39. The van der Waals surface area contributed by atoms with E-state index in [-0.39, 0.29) is 5.91 Å². The van der Waals surface area contributed by atoms with Crippen LogP contribution in [0.15, 0.2) is 24.3 Å². The number of halogens is 1. The summed E-state index contributed by atoms with van der Waals surface area (Å²) in [5, 5.41) is 0.673. The second-order valence-corrected chi connectivity index (χ2v) is 5.11. The van der Waals surface area contributed by atoms with Crippen molar-refractivity contribution in [1.82, 2.24) is 4.90 Å². The molecule has 1 heterocycles. The molecule has 2 nitrogen and oxygen atoms in total. The van der Waals surface area contributed by atoms with Crippen molar-refractivity contribution in [2.24, 2.45) is 5.92 Å². The first-order valence-electron chi connectivity index (χ1n) is 6.25. The monoisotopic (exact) mass is 251 g/mol. The Bertz CT molecular complexity index is 388. The largest absolute Gasteiger partial charge is 0.338 e. The molecule has 1 unspecified atom stereocenters. The fourth-order valence-electron chi connectivity index (χ4n) is 2.36. The van der Waals surface area contributed by atoms with E-state index in [9.17, 15) is 4.79 Å². The predicted molar refractivity (Wildman–Crippen MR) is 70.4 cm³/mol. The Morgan fingerprint density at radius 3 is 2.76 bits per heavy atom. The second kappa shape index (κ2) is 5.54. The smallest absolute Gasteiger partial charge is 0.253 e. The number of carbonyl (C=O) groups is 1. The molecule has 1 aromatic carbocycles. The van der Waals surface area contributed by atoms with Gasteiger partial charge in [-0.05, 0) is 43.0 Å². The van der Waals surface area contributed by atoms with Crippen LogP contribution in [0.25, 0.3) is 0 Å². The van der Waals surface area contributed by atoms with E-state index in [1.807, 2.05) is 4.90 Å². The number of carbonyl (C=O) groups excluding carboxylic acids is 1. The fraction of sp³-hybridized carbons (Fsp3) is 0.500. The summed E-state index contributed by atoms with van der Waals surface area (Å²) in [5.74, 6) is 0.805. The molecule has 0 bridgehead atoms. The van der Waals surface area contributed by atoms with Crippen LogP contribution in [0.2, 0.25) is 5.02 Å². The Labute approximate surface area is 108 Å². The van der Waals surface area contributed by atoms with Crippen LogP contribution in [0.3, 0.4) is 0 Å². The molecule has 0 N–H and O–H groups in total. The van der Waals surface area contributed by atoms with Crippen molar-refractivity contribution < 1.29 is 4.79 Å². The molecule has 1 fully saturated rings. The number of benzene rings is 1. The van der Waals surface area contributed by atoms with E-state index in [1.165, 1.54) is 6.42 Å². The number of piperidine rings is 1. The number of likely N-dealkylation sites (tertiary alicyclic amines) is 1. The van der Waals surface area contributed by atoms with Gasteiger partial charge < -0.3 is 4.90 Å². The summed E-state index contributed by atoms with van der Waals surface area (Å²) in [7, 11) is 0. The van der Waals surface area contributed by atoms with Gasteiger partial charge in [-0.15, -0.1) is 0 Å². The first kappa shape index (κ1) is 12.4. The Kier molecular flexibility index (Phi) is 4.06. The van der Waals surface area contributed by atoms with Crippen LogP contribution < -0.4 is 0 Å². The van der Waals surface area contributed by atoms with E-state index in [1.54, 1.807) is 24.3 Å². The zero-order valence-corrected chi connectivity index (χ0v) is 10.9. The van der Waals surface area contributed by atoms with Crippen molar-refractivity contribution in [3.63, 3.8) is 0 Å². The van der Waals surface area contributed by atoms with Crippen molar-refractivity contribution in [2.45, 2.75) is 26.2 Å². The van der Waals surface area contributed by atoms with Gasteiger partial charge in [0.05, 0.1) is 0 Å². The number of amides is 1. The van der Waals surface area contributed by atoms with E-state index >= 15 is 0 Å². The molecule has 17 heavy (non-hydrogen) atoms. The fourth-order valence-corrected chi connectivity index (χ4v) is 2.48. The van der Waals surface area contributed by atoms with E-state index in [0.29, 0.717) is 10.9 Å². The maximum absolute atomic E-state index is 12.3. The molecule has 1 aliphatic rings. The molecule has 1 aliphatic heterocycles. The molecule has 1 atom stereocenters. The van der Waals surface area contributed by atoms with Crippen LogP contribution in [0, 0.1) is 5.92 Å². The summed E-state index contributed by atoms with van der Waals surface area (Å²) in [4.78, 5) is 14.2. The molecule has 1 saturated heterocycles. The van der Waals surface area contributed by atoms with Crippen LogP contribution >= 0.6 is 11.6 Å². The highest BCUT2D eigenvalue weighted by Crippen LogP contribution is 2.21. The summed E-state index contributed by atoms with van der Waals surface area (Å²) in [6.45, 7) is 3.98. The van der Waals surface area contributed by atoms with Crippen LogP contribution in [-0.2, 0) is 0 Å². The van der Waals surface area contributed by atoms with Gasteiger partial charge in [0.15, 0.2) is 0 Å². The molecule has 3 heteroatoms. The number of hydrogen-bond donors (Lipinski definition) is 0. The van der Waals surface area contributed by atoms with Crippen molar-refractivity contribution in [3.8, 4) is 0 Å². The molecule has 0 saturated carbocycles. The Morgan fingerprint density at radius 1 is 1.41 bits per heavy atom. The maximum atomic E-state index is 12.3. The highest BCUT2D eigenvalue weighted by molar-refractivity contribution is 6.30. The molecule has 0 spiro atoms. The van der Waals surface area contributed by atoms with E-state index in [2.05, 4.69) is 6.92 Å². The standard InChI is InChI=1S/C14H18ClNO/c1-2-11-4-3-9-16(10-11)14(17)12-5-7-13(15)8-6-12/h5-8,11H,2-4,9-10H2,1H3. The van der Waals surface area contributed by atoms with Gasteiger partial charge >= 0.3 is 0 Å². The molecule has 0 aromatic heterocycles. The van der Waals surface area contributed by atoms with Gasteiger partial charge in [-0.2, -0.15) is 0 Å². The molecule has 0 radical (unpaired) electrons. The molecule has 1 amide bonds. The van der Waals surface area contributed by atoms with E-state index in [0.717, 1.165) is 31.5 Å². The third kappa shape index (κ3) is 3.01. The van der Waals surface area contributed by atoms with Gasteiger partial charge in [0, 0.05) is 23.7 Å². The van der Waals surface area contributed by atoms with E-state index < -0.39 is 0 Å². The van der Waals surface area contributed by atoms with Crippen molar-refractivity contribution >= 4 is 17.5 Å². The zero-order valence-electron chi connectivity index (χ0n) is 10.2. The van der Waals surface area contributed by atoms with Crippen LogP contribution in [0.1, 0.15) is 36.5 Å². The lowest BCUT2D eigenvalue weighted by atomic mass is 9.95. The Morgan fingerprint density at radius 2 is 2.12 bits per heavy atom. The quantitative estimate of drug-likeness (QED) is 0.787. The summed E-state index contributed by atoms with van der Waals surface area (Å²) in [5.41, 5.74) is 0.742. The molecular weight excluding hydrogens is 234 g/mol. The second-order valence-electron chi connectivity index (χ2n) is 4.67. The van der Waals surface area contributed by atoms with Crippen molar-refractivity contribution in [2.75, 3.05) is 13.1 Å². The number of rotatable bonds is 2. The minimum Gasteiger partial charge on any atom is -0.338 e. The molecule has 92 valence electrons. The minimum absolute atomic E-state index is 0.139. The third-order valence-corrected chi connectivity index (χ3v) is 3.73. The lowest BCUT2D eigenvalue weighted by Gasteiger charge is -2.32. The number of hydrogen-bond acceptors (Lipinski definition) is 1. The summed E-state index contributed by atoms with van der Waals surface area (Å²) < 4.78 is 0. The summed E-state index contributed by atoms with van der Waals surface area (Å²) in [6.07, 6.45) is 3.53.